The van der Waals surface area contributed by atoms with Gasteiger partial charge in [0.15, 0.2) is 11.5 Å². The number of piperidine rings is 1. The summed E-state index contributed by atoms with van der Waals surface area (Å²) >= 11 is 6.84. The van der Waals surface area contributed by atoms with Gasteiger partial charge >= 0.3 is 12.2 Å². The van der Waals surface area contributed by atoms with Crippen LogP contribution in [0.2, 0.25) is 5.02 Å². The fourth-order valence-corrected chi connectivity index (χ4v) is 9.40. The number of nitrogen functional groups attached to an aromatic ring is 1. The SMILES string of the molecule is COc1nc2c(c(N3CCCn4nc(C(=O)N5CC6(CCCNC6)C5)c(Cl)c4C3)n1)COC(c1c(C(F)(F)F)ccc(N)c1F)C2.FC1CC2CCCN2C1. The minimum atomic E-state index is -4.82. The molecule has 3 N–H and O–H groups in total. The Hall–Kier alpha value is -3.80. The summed E-state index contributed by atoms with van der Waals surface area (Å²) in [7, 11) is 1.39. The van der Waals surface area contributed by atoms with Gasteiger partial charge in [-0.25, -0.2) is 8.78 Å². The van der Waals surface area contributed by atoms with Crippen molar-refractivity contribution < 1.29 is 36.2 Å². The van der Waals surface area contributed by atoms with Crippen LogP contribution in [-0.4, -0.2) is 101 Å². The van der Waals surface area contributed by atoms with Crippen LogP contribution < -0.4 is 20.7 Å². The van der Waals surface area contributed by atoms with Gasteiger partial charge in [-0.2, -0.15) is 28.2 Å². The Kier molecular flexibility index (Phi) is 10.3. The van der Waals surface area contributed by atoms with Gasteiger partial charge in [-0.3, -0.25) is 14.4 Å². The summed E-state index contributed by atoms with van der Waals surface area (Å²) in [4.78, 5) is 28.5. The molecule has 298 valence electrons. The molecule has 0 aliphatic carbocycles. The van der Waals surface area contributed by atoms with Gasteiger partial charge in [-0.05, 0) is 63.7 Å². The molecule has 18 heteroatoms. The number of methoxy groups -OCH3 is 1. The van der Waals surface area contributed by atoms with Gasteiger partial charge in [-0.15, -0.1) is 0 Å². The Labute approximate surface area is 320 Å². The molecular formula is C37H45ClF5N9O3. The van der Waals surface area contributed by atoms with Gasteiger partial charge in [0.2, 0.25) is 0 Å². The zero-order chi connectivity index (χ0) is 38.6. The molecule has 1 amide bonds. The molecule has 6 aliphatic heterocycles. The normalized spacial score (nSPS) is 24.7. The van der Waals surface area contributed by atoms with Gasteiger partial charge in [0.1, 0.15) is 12.0 Å². The number of rotatable bonds is 4. The van der Waals surface area contributed by atoms with E-state index in [2.05, 4.69) is 25.3 Å². The smallest absolute Gasteiger partial charge is 0.416 e. The number of nitrogens with zero attached hydrogens (tertiary/aromatic N) is 7. The van der Waals surface area contributed by atoms with Crippen molar-refractivity contribution in [1.82, 2.24) is 34.9 Å². The molecular weight excluding hydrogens is 749 g/mol. The molecule has 1 spiro atoms. The van der Waals surface area contributed by atoms with E-state index in [0.717, 1.165) is 51.0 Å². The van der Waals surface area contributed by atoms with Gasteiger partial charge in [0, 0.05) is 68.3 Å². The van der Waals surface area contributed by atoms with E-state index in [4.69, 9.17) is 26.8 Å². The highest BCUT2D eigenvalue weighted by Crippen LogP contribution is 2.44. The number of hydrogen-bond acceptors (Lipinski definition) is 10. The Morgan fingerprint density at radius 1 is 1.15 bits per heavy atom. The summed E-state index contributed by atoms with van der Waals surface area (Å²) in [6.07, 6.45) is -0.644. The van der Waals surface area contributed by atoms with Gasteiger partial charge in [0.25, 0.3) is 5.91 Å². The molecule has 3 atom stereocenters. The maximum atomic E-state index is 15.1. The van der Waals surface area contributed by atoms with Crippen LogP contribution in [0.5, 0.6) is 6.01 Å². The van der Waals surface area contributed by atoms with Crippen molar-refractivity contribution >= 4 is 29.0 Å². The van der Waals surface area contributed by atoms with Gasteiger partial charge in [-0.1, -0.05) is 11.6 Å². The Bertz CT molecular complexity index is 1920. The molecule has 9 rings (SSSR count). The van der Waals surface area contributed by atoms with Crippen molar-refractivity contribution in [2.24, 2.45) is 5.41 Å². The number of hydrogen-bond donors (Lipinski definition) is 2. The molecule has 0 saturated carbocycles. The lowest BCUT2D eigenvalue weighted by Gasteiger charge is -2.52. The predicted octanol–water partition coefficient (Wildman–Crippen LogP) is 5.32. The van der Waals surface area contributed by atoms with E-state index in [9.17, 15) is 22.4 Å². The largest absolute Gasteiger partial charge is 0.467 e. The lowest BCUT2D eigenvalue weighted by molar-refractivity contribution is -0.140. The second-order valence-electron chi connectivity index (χ2n) is 15.6. The minimum Gasteiger partial charge on any atom is -0.467 e. The van der Waals surface area contributed by atoms with E-state index >= 15 is 4.39 Å². The Balaban J connectivity index is 0.000000413. The molecule has 2 aromatic heterocycles. The average molecular weight is 794 g/mol. The number of fused-ring (bicyclic) bond motifs is 3. The van der Waals surface area contributed by atoms with Crippen LogP contribution in [0.1, 0.15) is 83.2 Å². The number of nitrogens with one attached hydrogen (secondary N) is 1. The van der Waals surface area contributed by atoms with Crippen LogP contribution in [0.25, 0.3) is 0 Å². The molecule has 6 aliphatic rings. The predicted molar refractivity (Wildman–Crippen MR) is 193 cm³/mol. The molecule has 4 saturated heterocycles. The summed E-state index contributed by atoms with van der Waals surface area (Å²) in [6.45, 7) is 6.22. The number of anilines is 2. The number of amides is 1. The molecule has 3 unspecified atom stereocenters. The molecule has 8 heterocycles. The first-order valence-corrected chi connectivity index (χ1v) is 19.3. The maximum absolute atomic E-state index is 15.1. The molecule has 12 nitrogen and oxygen atoms in total. The van der Waals surface area contributed by atoms with Crippen LogP contribution in [0, 0.1) is 11.2 Å². The summed E-state index contributed by atoms with van der Waals surface area (Å²) in [6, 6.07) is 2.27. The van der Waals surface area contributed by atoms with Gasteiger partial charge < -0.3 is 30.3 Å². The number of benzene rings is 1. The fraction of sp³-hybridized carbons (Fsp3) is 0.622. The van der Waals surface area contributed by atoms with E-state index in [1.165, 1.54) is 20.0 Å². The first-order chi connectivity index (χ1) is 26.3. The van der Waals surface area contributed by atoms with Crippen molar-refractivity contribution in [2.75, 3.05) is 63.6 Å². The molecule has 55 heavy (non-hydrogen) atoms. The zero-order valence-corrected chi connectivity index (χ0v) is 31.4. The van der Waals surface area contributed by atoms with Crippen molar-refractivity contribution in [3.63, 3.8) is 0 Å². The topological polar surface area (TPSA) is 127 Å². The highest BCUT2D eigenvalue weighted by atomic mass is 35.5. The van der Waals surface area contributed by atoms with E-state index in [1.807, 2.05) is 4.90 Å². The van der Waals surface area contributed by atoms with Crippen molar-refractivity contribution in [2.45, 2.75) is 89.1 Å². The summed E-state index contributed by atoms with van der Waals surface area (Å²) in [5.41, 5.74) is 5.33. The highest BCUT2D eigenvalue weighted by Gasteiger charge is 2.47. The number of nitrogens with two attached hydrogens (primary N) is 1. The first kappa shape index (κ1) is 38.1. The zero-order valence-electron chi connectivity index (χ0n) is 30.6. The number of aryl methyl sites for hydroxylation is 1. The van der Waals surface area contributed by atoms with Crippen molar-refractivity contribution in [1.29, 1.82) is 0 Å². The lowest BCUT2D eigenvalue weighted by atomic mass is 9.74. The van der Waals surface area contributed by atoms with Crippen molar-refractivity contribution in [3.05, 3.63) is 56.7 Å². The quantitative estimate of drug-likeness (QED) is 0.265. The lowest BCUT2D eigenvalue weighted by Crippen LogP contribution is -2.63. The van der Waals surface area contributed by atoms with E-state index in [-0.39, 0.29) is 47.6 Å². The van der Waals surface area contributed by atoms with E-state index < -0.39 is 41.1 Å². The number of carbonyl (C=O) groups is 1. The van der Waals surface area contributed by atoms with Crippen LogP contribution in [0.3, 0.4) is 0 Å². The standard InChI is InChI=1S/C30H33ClF4N8O3.C7H12FN/c1-45-28-38-19-10-21(22-17(30(33,34)35)4-5-18(36)24(22)32)46-12-16(19)26(39-28)41-8-3-9-43-20(11-41)23(31)25(40-43)27(44)42-14-29(15-42)6-2-7-37-13-29;8-6-4-7-2-1-3-9(7)5-6/h4-5,21,37H,2-3,6-15,36H2,1H3;6-7H,1-5H2. The summed E-state index contributed by atoms with van der Waals surface area (Å²) in [5, 5.41) is 8.32. The first-order valence-electron chi connectivity index (χ1n) is 18.9. The monoisotopic (exact) mass is 793 g/mol. The van der Waals surface area contributed by atoms with Gasteiger partial charge in [0.05, 0.1) is 54.0 Å². The van der Waals surface area contributed by atoms with Crippen LogP contribution >= 0.6 is 11.6 Å². The van der Waals surface area contributed by atoms with E-state index in [1.54, 1.807) is 9.58 Å². The number of alkyl halides is 4. The molecule has 0 radical (unpaired) electrons. The minimum absolute atomic E-state index is 0.00197. The highest BCUT2D eigenvalue weighted by molar-refractivity contribution is 6.34. The number of carbonyl (C=O) groups excluding carboxylic acids is 1. The van der Waals surface area contributed by atoms with Crippen LogP contribution in [0.15, 0.2) is 12.1 Å². The van der Waals surface area contributed by atoms with Crippen molar-refractivity contribution in [3.8, 4) is 6.01 Å². The number of likely N-dealkylation sites (tertiary alicyclic amines) is 1. The third-order valence-corrected chi connectivity index (χ3v) is 12.3. The molecule has 3 aromatic rings. The molecule has 0 bridgehead atoms. The maximum Gasteiger partial charge on any atom is 0.416 e. The average Bonchev–Trinajstić information content (AvgIpc) is 3.78. The third-order valence-electron chi connectivity index (χ3n) is 11.9. The number of halogens is 6. The van der Waals surface area contributed by atoms with Crippen LogP contribution in [0.4, 0.5) is 33.5 Å². The fourth-order valence-electron chi connectivity index (χ4n) is 9.12. The Morgan fingerprint density at radius 2 is 1.96 bits per heavy atom. The molecule has 4 fully saturated rings. The third kappa shape index (κ3) is 7.32. The Morgan fingerprint density at radius 3 is 2.69 bits per heavy atom. The second-order valence-corrected chi connectivity index (χ2v) is 15.9. The second kappa shape index (κ2) is 14.9. The summed E-state index contributed by atoms with van der Waals surface area (Å²) < 4.78 is 82.3. The number of ether oxygens (including phenoxy) is 2. The molecule has 1 aromatic carbocycles. The summed E-state index contributed by atoms with van der Waals surface area (Å²) in [5.74, 6) is -0.910. The van der Waals surface area contributed by atoms with Crippen LogP contribution in [-0.2, 0) is 37.0 Å². The van der Waals surface area contributed by atoms with E-state index in [0.29, 0.717) is 68.0 Å². The number of aromatic nitrogens is 4.